The predicted molar refractivity (Wildman–Crippen MR) is 112 cm³/mol. The first-order chi connectivity index (χ1) is 15.8. The second-order valence-electron chi connectivity index (χ2n) is 7.47. The molecule has 2 aromatic carbocycles. The van der Waals surface area contributed by atoms with Crippen molar-refractivity contribution in [3.05, 3.63) is 46.8 Å². The van der Waals surface area contributed by atoms with Gasteiger partial charge in [-0.1, -0.05) is 12.1 Å². The van der Waals surface area contributed by atoms with Gasteiger partial charge in [-0.2, -0.15) is 0 Å². The van der Waals surface area contributed by atoms with E-state index in [-0.39, 0.29) is 33.8 Å². The Morgan fingerprint density at radius 2 is 1.73 bits per heavy atom. The molecular formula is C22H22O11. The molecule has 1 fully saturated rings. The van der Waals surface area contributed by atoms with Crippen molar-refractivity contribution in [3.8, 4) is 34.1 Å². The molecule has 0 amide bonds. The monoisotopic (exact) mass is 462 g/mol. The Morgan fingerprint density at radius 1 is 1.03 bits per heavy atom. The third-order valence-electron chi connectivity index (χ3n) is 5.43. The molecule has 1 unspecified atom stereocenters. The molecule has 33 heavy (non-hydrogen) atoms. The van der Waals surface area contributed by atoms with E-state index in [4.69, 9.17) is 18.6 Å². The number of rotatable bonds is 5. The van der Waals surface area contributed by atoms with Gasteiger partial charge in [-0.3, -0.25) is 4.79 Å². The highest BCUT2D eigenvalue weighted by Gasteiger charge is 2.45. The first kappa shape index (κ1) is 22.8. The van der Waals surface area contributed by atoms with Gasteiger partial charge < -0.3 is 49.3 Å². The van der Waals surface area contributed by atoms with Crippen molar-refractivity contribution in [2.24, 2.45) is 0 Å². The van der Waals surface area contributed by atoms with Crippen molar-refractivity contribution in [1.82, 2.24) is 0 Å². The molecule has 176 valence electrons. The highest BCUT2D eigenvalue weighted by molar-refractivity contribution is 5.91. The van der Waals surface area contributed by atoms with Gasteiger partial charge >= 0.3 is 0 Å². The molecule has 5 atom stereocenters. The zero-order chi connectivity index (χ0) is 23.9. The highest BCUT2D eigenvalue weighted by Crippen LogP contribution is 2.43. The topological polar surface area (TPSA) is 179 Å². The summed E-state index contributed by atoms with van der Waals surface area (Å²) in [6.45, 7) is -0.653. The van der Waals surface area contributed by atoms with Crippen LogP contribution >= 0.6 is 0 Å². The minimum atomic E-state index is -1.70. The maximum atomic E-state index is 13.1. The smallest absolute Gasteiger partial charge is 0.229 e. The van der Waals surface area contributed by atoms with Gasteiger partial charge in [0.2, 0.25) is 17.5 Å². The van der Waals surface area contributed by atoms with Crippen LogP contribution in [0.4, 0.5) is 0 Å². The quantitative estimate of drug-likeness (QED) is 0.302. The van der Waals surface area contributed by atoms with E-state index in [2.05, 4.69) is 0 Å². The van der Waals surface area contributed by atoms with Crippen LogP contribution in [-0.2, 0) is 4.74 Å². The van der Waals surface area contributed by atoms with E-state index < -0.39 is 48.5 Å². The maximum Gasteiger partial charge on any atom is 0.229 e. The number of ether oxygens (including phenoxy) is 3. The summed E-state index contributed by atoms with van der Waals surface area (Å²) in [6, 6.07) is 7.06. The molecule has 1 saturated heterocycles. The predicted octanol–water partition coefficient (Wildman–Crippen LogP) is 0.0585. The van der Waals surface area contributed by atoms with Crippen LogP contribution in [0, 0.1) is 0 Å². The Balaban J connectivity index is 1.77. The minimum Gasteiger partial charge on any atom is -0.508 e. The van der Waals surface area contributed by atoms with Crippen molar-refractivity contribution < 1.29 is 49.3 Å². The van der Waals surface area contributed by atoms with Crippen LogP contribution in [0.15, 0.2) is 45.8 Å². The number of aromatic hydroxyl groups is 2. The average molecular weight is 462 g/mol. The molecule has 0 spiro atoms. The van der Waals surface area contributed by atoms with Gasteiger partial charge in [0.25, 0.3) is 0 Å². The number of phenolic OH excluding ortho intramolecular Hbond substituents is 2. The number of aliphatic hydroxyl groups is 4. The van der Waals surface area contributed by atoms with Crippen LogP contribution in [0.3, 0.4) is 0 Å². The summed E-state index contributed by atoms with van der Waals surface area (Å²) in [6.07, 6.45) is -6.52. The number of aliphatic hydroxyl groups excluding tert-OH is 4. The molecule has 0 saturated carbocycles. The lowest BCUT2D eigenvalue weighted by atomic mass is 9.99. The molecule has 1 aliphatic rings. The van der Waals surface area contributed by atoms with Gasteiger partial charge in [-0.15, -0.1) is 0 Å². The Kier molecular flexibility index (Phi) is 6.15. The molecule has 0 aliphatic carbocycles. The van der Waals surface area contributed by atoms with Crippen LogP contribution in [-0.4, -0.2) is 75.1 Å². The zero-order valence-corrected chi connectivity index (χ0v) is 17.3. The summed E-state index contributed by atoms with van der Waals surface area (Å²) >= 11 is 0. The third kappa shape index (κ3) is 3.96. The number of hydrogen-bond acceptors (Lipinski definition) is 11. The fourth-order valence-corrected chi connectivity index (χ4v) is 3.64. The van der Waals surface area contributed by atoms with Gasteiger partial charge in [-0.25, -0.2) is 0 Å². The van der Waals surface area contributed by atoms with E-state index in [0.717, 1.165) is 0 Å². The number of fused-ring (bicyclic) bond motifs is 1. The molecule has 11 heteroatoms. The molecule has 0 radical (unpaired) electrons. The SMILES string of the molecule is COc1c(OC2O[C@H](CO)[C@@H](O)[C@H](O)[C@H]2O)cc2occ(-c3ccc(O)cc3)c(=O)c2c1O. The largest absolute Gasteiger partial charge is 0.508 e. The van der Waals surface area contributed by atoms with Gasteiger partial charge in [-0.05, 0) is 17.7 Å². The summed E-state index contributed by atoms with van der Waals surface area (Å²) in [5.74, 6) is -1.03. The van der Waals surface area contributed by atoms with Crippen molar-refractivity contribution in [1.29, 1.82) is 0 Å². The van der Waals surface area contributed by atoms with E-state index in [0.29, 0.717) is 5.56 Å². The van der Waals surface area contributed by atoms with Crippen LogP contribution < -0.4 is 14.9 Å². The second-order valence-corrected chi connectivity index (χ2v) is 7.47. The lowest BCUT2D eigenvalue weighted by molar-refractivity contribution is -0.277. The number of benzene rings is 2. The molecule has 1 aromatic heterocycles. The van der Waals surface area contributed by atoms with E-state index in [9.17, 15) is 35.4 Å². The molecule has 11 nitrogen and oxygen atoms in total. The van der Waals surface area contributed by atoms with E-state index in [1.165, 1.54) is 43.7 Å². The summed E-state index contributed by atoms with van der Waals surface area (Å²) in [5, 5.41) is 59.5. The Labute approximate surface area is 186 Å². The number of methoxy groups -OCH3 is 1. The molecule has 3 aromatic rings. The van der Waals surface area contributed by atoms with E-state index in [1.54, 1.807) is 0 Å². The molecular weight excluding hydrogens is 440 g/mol. The summed E-state index contributed by atoms with van der Waals surface area (Å²) in [5.41, 5.74) is -0.0662. The molecule has 2 heterocycles. The first-order valence-corrected chi connectivity index (χ1v) is 9.88. The zero-order valence-electron chi connectivity index (χ0n) is 17.3. The standard InChI is InChI=1S/C22H22O11/c1-30-21-13(32-22-20(29)19(28)17(26)14(7-23)33-22)6-12-15(18(21)27)16(25)11(8-31-12)9-2-4-10(24)5-3-9/h2-6,8,14,17,19-20,22-24,26-29H,7H2,1H3/t14-,17-,19+,20-,22?/m1/s1. The van der Waals surface area contributed by atoms with Crippen LogP contribution in [0.5, 0.6) is 23.0 Å². The summed E-state index contributed by atoms with van der Waals surface area (Å²) in [4.78, 5) is 13.1. The Bertz CT molecular complexity index is 1200. The number of hydrogen-bond donors (Lipinski definition) is 6. The maximum absolute atomic E-state index is 13.1. The highest BCUT2D eigenvalue weighted by atomic mass is 16.7. The van der Waals surface area contributed by atoms with Crippen LogP contribution in [0.25, 0.3) is 22.1 Å². The van der Waals surface area contributed by atoms with Crippen molar-refractivity contribution in [3.63, 3.8) is 0 Å². The number of phenols is 2. The average Bonchev–Trinajstić information content (AvgIpc) is 2.80. The van der Waals surface area contributed by atoms with Crippen molar-refractivity contribution in [2.75, 3.05) is 13.7 Å². The summed E-state index contributed by atoms with van der Waals surface area (Å²) < 4.78 is 21.6. The third-order valence-corrected chi connectivity index (χ3v) is 5.43. The summed E-state index contributed by atoms with van der Waals surface area (Å²) in [7, 11) is 1.21. The Morgan fingerprint density at radius 3 is 2.36 bits per heavy atom. The lowest BCUT2D eigenvalue weighted by Crippen LogP contribution is -2.60. The van der Waals surface area contributed by atoms with Gasteiger partial charge in [0.15, 0.2) is 11.5 Å². The second kappa shape index (κ2) is 8.89. The van der Waals surface area contributed by atoms with E-state index in [1.807, 2.05) is 0 Å². The molecule has 0 bridgehead atoms. The van der Waals surface area contributed by atoms with Crippen molar-refractivity contribution >= 4 is 11.0 Å². The fourth-order valence-electron chi connectivity index (χ4n) is 3.64. The molecule has 4 rings (SSSR count). The minimum absolute atomic E-state index is 0.0171. The van der Waals surface area contributed by atoms with Crippen molar-refractivity contribution in [2.45, 2.75) is 30.7 Å². The van der Waals surface area contributed by atoms with Gasteiger partial charge in [0.05, 0.1) is 19.3 Å². The van der Waals surface area contributed by atoms with Gasteiger partial charge in [0, 0.05) is 6.07 Å². The van der Waals surface area contributed by atoms with E-state index >= 15 is 0 Å². The first-order valence-electron chi connectivity index (χ1n) is 9.88. The Hall–Kier alpha value is -3.35. The normalized spacial score (nSPS) is 25.2. The molecule has 6 N–H and O–H groups in total. The molecule has 1 aliphatic heterocycles. The van der Waals surface area contributed by atoms with Crippen LogP contribution in [0.2, 0.25) is 0 Å². The van der Waals surface area contributed by atoms with Gasteiger partial charge in [0.1, 0.15) is 47.4 Å². The lowest BCUT2D eigenvalue weighted by Gasteiger charge is -2.39. The van der Waals surface area contributed by atoms with Crippen LogP contribution in [0.1, 0.15) is 0 Å². The fraction of sp³-hybridized carbons (Fsp3) is 0.318.